The van der Waals surface area contributed by atoms with Crippen LogP contribution in [0, 0.1) is 0 Å². The third kappa shape index (κ3) is 3.72. The lowest BCUT2D eigenvalue weighted by molar-refractivity contribution is -0.148. The normalized spacial score (nSPS) is 18.6. The van der Waals surface area contributed by atoms with Crippen LogP contribution in [-0.2, 0) is 9.59 Å². The Kier molecular flexibility index (Phi) is 5.99. The van der Waals surface area contributed by atoms with Crippen LogP contribution in [0.5, 0.6) is 0 Å². The molecule has 0 spiro atoms. The van der Waals surface area contributed by atoms with Crippen LogP contribution in [0.25, 0.3) is 0 Å². The lowest BCUT2D eigenvalue weighted by atomic mass is 9.79. The molecule has 0 aromatic rings. The molecule has 0 unspecified atom stereocenters. The molecule has 0 radical (unpaired) electrons. The van der Waals surface area contributed by atoms with Gasteiger partial charge in [0.25, 0.3) is 0 Å². The smallest absolute Gasteiger partial charge is 0.329 e. The molecule has 0 heterocycles. The first-order chi connectivity index (χ1) is 9.43. The summed E-state index contributed by atoms with van der Waals surface area (Å²) in [5.74, 6) is -1.11. The second-order valence-electron chi connectivity index (χ2n) is 5.91. The molecule has 1 aliphatic carbocycles. The molecule has 3 N–H and O–H groups in total. The van der Waals surface area contributed by atoms with Crippen LogP contribution in [0.4, 0.5) is 0 Å². The van der Waals surface area contributed by atoms with Crippen molar-refractivity contribution in [2.45, 2.75) is 76.3 Å². The van der Waals surface area contributed by atoms with Gasteiger partial charge in [0, 0.05) is 12.0 Å². The van der Waals surface area contributed by atoms with Crippen molar-refractivity contribution in [1.29, 1.82) is 0 Å². The van der Waals surface area contributed by atoms with Crippen molar-refractivity contribution in [2.24, 2.45) is 0 Å². The molecule has 1 aliphatic rings. The summed E-state index contributed by atoms with van der Waals surface area (Å²) in [5.41, 5.74) is -1.28. The summed E-state index contributed by atoms with van der Waals surface area (Å²) in [6, 6.07) is 0. The van der Waals surface area contributed by atoms with E-state index in [9.17, 15) is 14.7 Å². The predicted molar refractivity (Wildman–Crippen MR) is 78.6 cm³/mol. The Labute approximate surface area is 121 Å². The van der Waals surface area contributed by atoms with E-state index in [0.29, 0.717) is 19.3 Å². The Morgan fingerprint density at radius 3 is 2.10 bits per heavy atom. The number of carbonyl (C=O) groups is 2. The van der Waals surface area contributed by atoms with Gasteiger partial charge >= 0.3 is 5.97 Å². The molecular formula is C15H28N2O3. The van der Waals surface area contributed by atoms with Crippen LogP contribution in [0.2, 0.25) is 0 Å². The van der Waals surface area contributed by atoms with Gasteiger partial charge in [0.05, 0.1) is 0 Å². The van der Waals surface area contributed by atoms with Crippen molar-refractivity contribution in [3.8, 4) is 0 Å². The molecule has 5 nitrogen and oxygen atoms in total. The van der Waals surface area contributed by atoms with Crippen molar-refractivity contribution < 1.29 is 14.7 Å². The van der Waals surface area contributed by atoms with Gasteiger partial charge < -0.3 is 15.7 Å². The van der Waals surface area contributed by atoms with E-state index in [1.807, 2.05) is 7.05 Å². The molecule has 20 heavy (non-hydrogen) atoms. The van der Waals surface area contributed by atoms with E-state index in [2.05, 4.69) is 10.6 Å². The SMILES string of the molecule is CCC(CC)(NC(=O)CC1(NC)CCCCC1)C(=O)O. The van der Waals surface area contributed by atoms with Crippen molar-refractivity contribution in [3.05, 3.63) is 0 Å². The number of amides is 1. The highest BCUT2D eigenvalue weighted by atomic mass is 16.4. The van der Waals surface area contributed by atoms with Gasteiger partial charge in [-0.25, -0.2) is 4.79 Å². The van der Waals surface area contributed by atoms with Crippen LogP contribution in [-0.4, -0.2) is 35.1 Å². The maximum Gasteiger partial charge on any atom is 0.329 e. The van der Waals surface area contributed by atoms with Crippen molar-refractivity contribution in [1.82, 2.24) is 10.6 Å². The number of nitrogens with one attached hydrogen (secondary N) is 2. The van der Waals surface area contributed by atoms with Crippen LogP contribution < -0.4 is 10.6 Å². The van der Waals surface area contributed by atoms with Gasteiger partial charge in [-0.3, -0.25) is 4.79 Å². The summed E-state index contributed by atoms with van der Waals surface area (Å²) in [5, 5.41) is 15.4. The molecule has 1 fully saturated rings. The number of rotatable bonds is 7. The molecule has 116 valence electrons. The lowest BCUT2D eigenvalue weighted by Gasteiger charge is -2.38. The third-order valence-corrected chi connectivity index (χ3v) is 4.84. The van der Waals surface area contributed by atoms with Crippen LogP contribution >= 0.6 is 0 Å². The average Bonchev–Trinajstić information content (AvgIpc) is 2.45. The highest BCUT2D eigenvalue weighted by Crippen LogP contribution is 2.31. The first-order valence-electron chi connectivity index (χ1n) is 7.67. The number of carboxylic acids is 1. The average molecular weight is 284 g/mol. The van der Waals surface area contributed by atoms with E-state index in [-0.39, 0.29) is 11.4 Å². The van der Waals surface area contributed by atoms with Crippen LogP contribution in [0.15, 0.2) is 0 Å². The minimum absolute atomic E-state index is 0.159. The zero-order chi connectivity index (χ0) is 15.2. The second kappa shape index (κ2) is 7.07. The molecule has 0 aromatic carbocycles. The summed E-state index contributed by atoms with van der Waals surface area (Å²) in [6.07, 6.45) is 6.59. The van der Waals surface area contributed by atoms with Gasteiger partial charge in [0.1, 0.15) is 5.54 Å². The maximum atomic E-state index is 12.3. The minimum Gasteiger partial charge on any atom is -0.480 e. The number of hydrogen-bond acceptors (Lipinski definition) is 3. The zero-order valence-electron chi connectivity index (χ0n) is 12.9. The van der Waals surface area contributed by atoms with Gasteiger partial charge in [-0.1, -0.05) is 33.1 Å². The summed E-state index contributed by atoms with van der Waals surface area (Å²) < 4.78 is 0. The standard InChI is InChI=1S/C15H28N2O3/c1-4-15(5-2,13(19)20)17-12(18)11-14(16-3)9-7-6-8-10-14/h16H,4-11H2,1-3H3,(H,17,18)(H,19,20). The Morgan fingerprint density at radius 1 is 1.15 bits per heavy atom. The van der Waals surface area contributed by atoms with E-state index in [1.54, 1.807) is 13.8 Å². The highest BCUT2D eigenvalue weighted by Gasteiger charge is 2.39. The number of hydrogen-bond donors (Lipinski definition) is 3. The van der Waals surface area contributed by atoms with Gasteiger partial charge in [-0.2, -0.15) is 0 Å². The van der Waals surface area contributed by atoms with Crippen molar-refractivity contribution >= 4 is 11.9 Å². The van der Waals surface area contributed by atoms with Gasteiger partial charge in [0.15, 0.2) is 0 Å². The Hall–Kier alpha value is -1.10. The quantitative estimate of drug-likeness (QED) is 0.668. The Balaban J connectivity index is 2.72. The lowest BCUT2D eigenvalue weighted by Crippen LogP contribution is -2.56. The summed E-state index contributed by atoms with van der Waals surface area (Å²) in [7, 11) is 1.89. The molecule has 0 atom stereocenters. The van der Waals surface area contributed by atoms with E-state index in [4.69, 9.17) is 0 Å². The van der Waals surface area contributed by atoms with Crippen molar-refractivity contribution in [3.63, 3.8) is 0 Å². The second-order valence-corrected chi connectivity index (χ2v) is 5.91. The highest BCUT2D eigenvalue weighted by molar-refractivity contribution is 5.87. The fourth-order valence-corrected chi connectivity index (χ4v) is 3.14. The number of aliphatic carboxylic acids is 1. The number of carboxylic acid groups (broad SMARTS) is 1. The van der Waals surface area contributed by atoms with E-state index < -0.39 is 11.5 Å². The fourth-order valence-electron chi connectivity index (χ4n) is 3.14. The fraction of sp³-hybridized carbons (Fsp3) is 0.867. The van der Waals surface area contributed by atoms with Gasteiger partial charge in [0.2, 0.25) is 5.91 Å². The summed E-state index contributed by atoms with van der Waals surface area (Å²) in [6.45, 7) is 3.60. The summed E-state index contributed by atoms with van der Waals surface area (Å²) in [4.78, 5) is 23.7. The molecule has 0 bridgehead atoms. The van der Waals surface area contributed by atoms with Gasteiger partial charge in [-0.05, 0) is 32.7 Å². The zero-order valence-corrected chi connectivity index (χ0v) is 12.9. The molecule has 1 rings (SSSR count). The molecule has 5 heteroatoms. The predicted octanol–water partition coefficient (Wildman–Crippen LogP) is 2.06. The molecule has 0 aliphatic heterocycles. The molecule has 0 aromatic heterocycles. The minimum atomic E-state index is -1.12. The topological polar surface area (TPSA) is 78.4 Å². The van der Waals surface area contributed by atoms with Gasteiger partial charge in [-0.15, -0.1) is 0 Å². The van der Waals surface area contributed by atoms with Crippen molar-refractivity contribution in [2.75, 3.05) is 7.05 Å². The van der Waals surface area contributed by atoms with E-state index in [1.165, 1.54) is 6.42 Å². The van der Waals surface area contributed by atoms with E-state index >= 15 is 0 Å². The largest absolute Gasteiger partial charge is 0.480 e. The first kappa shape index (κ1) is 17.0. The molecular weight excluding hydrogens is 256 g/mol. The third-order valence-electron chi connectivity index (χ3n) is 4.84. The molecule has 1 saturated carbocycles. The number of carbonyl (C=O) groups excluding carboxylic acids is 1. The van der Waals surface area contributed by atoms with E-state index in [0.717, 1.165) is 25.7 Å². The Bertz CT molecular complexity index is 345. The molecule has 1 amide bonds. The first-order valence-corrected chi connectivity index (χ1v) is 7.67. The molecule has 0 saturated heterocycles. The van der Waals surface area contributed by atoms with Crippen LogP contribution in [0.3, 0.4) is 0 Å². The maximum absolute atomic E-state index is 12.3. The van der Waals surface area contributed by atoms with Crippen LogP contribution in [0.1, 0.15) is 65.2 Å². The summed E-state index contributed by atoms with van der Waals surface area (Å²) >= 11 is 0. The Morgan fingerprint density at radius 2 is 1.70 bits per heavy atom. The monoisotopic (exact) mass is 284 g/mol.